The maximum atomic E-state index is 2.29. The topological polar surface area (TPSA) is 0 Å². The fraction of sp³-hybridized carbons (Fsp3) is 0.429. The lowest BCUT2D eigenvalue weighted by Gasteiger charge is -2.14. The molecule has 0 fully saturated rings. The Kier molecular flexibility index (Phi) is 3.94. The van der Waals surface area contributed by atoms with Crippen LogP contribution in [0.15, 0.2) is 30.4 Å². The van der Waals surface area contributed by atoms with Crippen molar-refractivity contribution in [2.75, 3.05) is 0 Å². The third-order valence-electron chi connectivity index (χ3n) is 2.90. The predicted molar refractivity (Wildman–Crippen MR) is 63.8 cm³/mol. The molecule has 76 valence electrons. The Morgan fingerprint density at radius 2 is 2.00 bits per heavy atom. The van der Waals surface area contributed by atoms with E-state index in [1.54, 1.807) is 0 Å². The predicted octanol–water partition coefficient (Wildman–Crippen LogP) is 4.37. The van der Waals surface area contributed by atoms with Crippen LogP contribution in [0.25, 0.3) is 0 Å². The molecular weight excluding hydrogens is 168 g/mol. The van der Waals surface area contributed by atoms with Gasteiger partial charge < -0.3 is 0 Å². The average molecular weight is 188 g/mol. The van der Waals surface area contributed by atoms with Crippen molar-refractivity contribution in [3.63, 3.8) is 0 Å². The van der Waals surface area contributed by atoms with Crippen molar-refractivity contribution in [1.82, 2.24) is 0 Å². The van der Waals surface area contributed by atoms with E-state index < -0.39 is 0 Å². The van der Waals surface area contributed by atoms with Gasteiger partial charge in [0.25, 0.3) is 0 Å². The molecule has 0 N–H and O–H groups in total. The molecule has 14 heavy (non-hydrogen) atoms. The van der Waals surface area contributed by atoms with Gasteiger partial charge in [-0.3, -0.25) is 0 Å². The Labute approximate surface area is 87.7 Å². The minimum Gasteiger partial charge on any atom is -0.0916 e. The van der Waals surface area contributed by atoms with Crippen LogP contribution < -0.4 is 0 Å². The molecule has 1 aromatic rings. The summed E-state index contributed by atoms with van der Waals surface area (Å²) < 4.78 is 0. The van der Waals surface area contributed by atoms with Gasteiger partial charge in [-0.15, -0.1) is 0 Å². The van der Waals surface area contributed by atoms with Crippen LogP contribution in [0, 0.1) is 13.8 Å². The summed E-state index contributed by atoms with van der Waals surface area (Å²) in [5.74, 6) is 0.631. The minimum atomic E-state index is 0.631. The van der Waals surface area contributed by atoms with Gasteiger partial charge in [0.05, 0.1) is 0 Å². The van der Waals surface area contributed by atoms with Crippen molar-refractivity contribution in [2.45, 2.75) is 40.0 Å². The van der Waals surface area contributed by atoms with Crippen LogP contribution in [0.4, 0.5) is 0 Å². The maximum Gasteiger partial charge on any atom is -0.0153 e. The Balaban J connectivity index is 2.89. The number of hydrogen-bond acceptors (Lipinski definition) is 0. The van der Waals surface area contributed by atoms with Gasteiger partial charge in [-0.1, -0.05) is 37.3 Å². The second-order valence-corrected chi connectivity index (χ2v) is 3.99. The van der Waals surface area contributed by atoms with Crippen molar-refractivity contribution in [3.8, 4) is 0 Å². The molecule has 0 radical (unpaired) electrons. The first-order chi connectivity index (χ1) is 6.66. The lowest BCUT2D eigenvalue weighted by atomic mass is 9.91. The zero-order chi connectivity index (χ0) is 10.6. The normalized spacial score (nSPS) is 13.4. The molecule has 0 nitrogen and oxygen atoms in total. The summed E-state index contributed by atoms with van der Waals surface area (Å²) in [7, 11) is 0. The largest absolute Gasteiger partial charge is 0.0916 e. The lowest BCUT2D eigenvalue weighted by Crippen LogP contribution is -1.96. The van der Waals surface area contributed by atoms with Crippen molar-refractivity contribution in [2.24, 2.45) is 0 Å². The van der Waals surface area contributed by atoms with E-state index in [2.05, 4.69) is 58.0 Å². The van der Waals surface area contributed by atoms with E-state index in [4.69, 9.17) is 0 Å². The van der Waals surface area contributed by atoms with Crippen LogP contribution in [-0.2, 0) is 0 Å². The molecule has 0 aliphatic heterocycles. The number of hydrogen-bond donors (Lipinski definition) is 0. The van der Waals surface area contributed by atoms with Gasteiger partial charge in [0, 0.05) is 0 Å². The SMILES string of the molecule is CC=CCC(C)c1cccc(C)c1C. The zero-order valence-electron chi connectivity index (χ0n) is 9.67. The molecular formula is C14H20. The summed E-state index contributed by atoms with van der Waals surface area (Å²) in [6.07, 6.45) is 5.51. The first-order valence-electron chi connectivity index (χ1n) is 5.34. The molecule has 0 heteroatoms. The van der Waals surface area contributed by atoms with E-state index in [1.807, 2.05) is 0 Å². The molecule has 0 bridgehead atoms. The number of allylic oxidation sites excluding steroid dienone is 2. The first-order valence-corrected chi connectivity index (χ1v) is 5.34. The Morgan fingerprint density at radius 1 is 1.29 bits per heavy atom. The van der Waals surface area contributed by atoms with Crippen molar-refractivity contribution < 1.29 is 0 Å². The summed E-state index contributed by atoms with van der Waals surface area (Å²) in [4.78, 5) is 0. The minimum absolute atomic E-state index is 0.631. The number of benzene rings is 1. The molecule has 0 spiro atoms. The molecule has 0 saturated heterocycles. The third kappa shape index (κ3) is 2.47. The number of aryl methyl sites for hydroxylation is 1. The van der Waals surface area contributed by atoms with Gasteiger partial charge in [0.15, 0.2) is 0 Å². The molecule has 0 amide bonds. The van der Waals surface area contributed by atoms with Gasteiger partial charge in [-0.25, -0.2) is 0 Å². The van der Waals surface area contributed by atoms with Crippen molar-refractivity contribution in [3.05, 3.63) is 47.0 Å². The summed E-state index contributed by atoms with van der Waals surface area (Å²) >= 11 is 0. The van der Waals surface area contributed by atoms with E-state index in [9.17, 15) is 0 Å². The van der Waals surface area contributed by atoms with E-state index in [1.165, 1.54) is 16.7 Å². The number of rotatable bonds is 3. The Bertz CT molecular complexity index is 321. The molecule has 1 unspecified atom stereocenters. The van der Waals surface area contributed by atoms with Gasteiger partial charge >= 0.3 is 0 Å². The van der Waals surface area contributed by atoms with Crippen LogP contribution in [0.5, 0.6) is 0 Å². The summed E-state index contributed by atoms with van der Waals surface area (Å²) in [6, 6.07) is 6.58. The smallest absolute Gasteiger partial charge is 0.0153 e. The summed E-state index contributed by atoms with van der Waals surface area (Å²) in [5.41, 5.74) is 4.34. The van der Waals surface area contributed by atoms with Crippen LogP contribution >= 0.6 is 0 Å². The average Bonchev–Trinajstić information content (AvgIpc) is 2.18. The lowest BCUT2D eigenvalue weighted by molar-refractivity contribution is 0.771. The zero-order valence-corrected chi connectivity index (χ0v) is 9.67. The third-order valence-corrected chi connectivity index (χ3v) is 2.90. The van der Waals surface area contributed by atoms with Gasteiger partial charge in [-0.2, -0.15) is 0 Å². The fourth-order valence-corrected chi connectivity index (χ4v) is 1.77. The summed E-state index contributed by atoms with van der Waals surface area (Å²) in [6.45, 7) is 8.77. The van der Waals surface area contributed by atoms with Crippen molar-refractivity contribution >= 4 is 0 Å². The Morgan fingerprint density at radius 3 is 2.64 bits per heavy atom. The molecule has 0 saturated carbocycles. The first kappa shape index (κ1) is 11.0. The van der Waals surface area contributed by atoms with E-state index >= 15 is 0 Å². The van der Waals surface area contributed by atoms with Crippen LogP contribution in [0.3, 0.4) is 0 Å². The molecule has 1 atom stereocenters. The molecule has 0 aliphatic carbocycles. The van der Waals surface area contributed by atoms with Crippen molar-refractivity contribution in [1.29, 1.82) is 0 Å². The molecule has 1 rings (SSSR count). The molecule has 0 aliphatic rings. The second kappa shape index (κ2) is 4.99. The Hall–Kier alpha value is -1.04. The highest BCUT2D eigenvalue weighted by molar-refractivity contribution is 5.35. The highest BCUT2D eigenvalue weighted by Crippen LogP contribution is 2.24. The maximum absolute atomic E-state index is 2.29. The van der Waals surface area contributed by atoms with Gasteiger partial charge in [-0.05, 0) is 49.8 Å². The second-order valence-electron chi connectivity index (χ2n) is 3.99. The standard InChI is InChI=1S/C14H20/c1-5-6-8-12(3)14-10-7-9-11(2)13(14)4/h5-7,9-10,12H,8H2,1-4H3. The molecule has 0 heterocycles. The van der Waals surface area contributed by atoms with Gasteiger partial charge in [0.1, 0.15) is 0 Å². The highest BCUT2D eigenvalue weighted by Gasteiger charge is 2.07. The monoisotopic (exact) mass is 188 g/mol. The van der Waals surface area contributed by atoms with E-state index in [0.29, 0.717) is 5.92 Å². The highest BCUT2D eigenvalue weighted by atomic mass is 14.1. The molecule has 1 aromatic carbocycles. The van der Waals surface area contributed by atoms with Crippen LogP contribution in [0.1, 0.15) is 42.9 Å². The summed E-state index contributed by atoms with van der Waals surface area (Å²) in [5, 5.41) is 0. The van der Waals surface area contributed by atoms with Gasteiger partial charge in [0.2, 0.25) is 0 Å². The fourth-order valence-electron chi connectivity index (χ4n) is 1.77. The van der Waals surface area contributed by atoms with E-state index in [0.717, 1.165) is 6.42 Å². The van der Waals surface area contributed by atoms with Crippen LogP contribution in [-0.4, -0.2) is 0 Å². The van der Waals surface area contributed by atoms with E-state index in [-0.39, 0.29) is 0 Å². The molecule has 0 aromatic heterocycles. The quantitative estimate of drug-likeness (QED) is 0.618. The van der Waals surface area contributed by atoms with Crippen LogP contribution in [0.2, 0.25) is 0 Å².